The first-order valence-corrected chi connectivity index (χ1v) is 9.52. The summed E-state index contributed by atoms with van der Waals surface area (Å²) < 4.78 is 39.2. The molecule has 0 aliphatic heterocycles. The number of aryl methyl sites for hydroxylation is 1. The van der Waals surface area contributed by atoms with Crippen molar-refractivity contribution in [1.82, 2.24) is 9.97 Å². The predicted octanol–water partition coefficient (Wildman–Crippen LogP) is 7.08. The minimum Gasteiger partial charge on any atom is -0.338 e. The number of nitrogens with one attached hydrogen (secondary N) is 1. The van der Waals surface area contributed by atoms with E-state index in [9.17, 15) is 13.2 Å². The molecular formula is C20H13ClF3N3S. The average molecular weight is 420 g/mol. The van der Waals surface area contributed by atoms with E-state index >= 15 is 0 Å². The van der Waals surface area contributed by atoms with Gasteiger partial charge in [-0.05, 0) is 30.7 Å². The Morgan fingerprint density at radius 1 is 1.04 bits per heavy atom. The molecule has 0 bridgehead atoms. The van der Waals surface area contributed by atoms with E-state index < -0.39 is 11.7 Å². The van der Waals surface area contributed by atoms with Gasteiger partial charge in [-0.2, -0.15) is 13.2 Å². The zero-order valence-electron chi connectivity index (χ0n) is 14.5. The third-order valence-electron chi connectivity index (χ3n) is 4.28. The molecule has 0 saturated carbocycles. The summed E-state index contributed by atoms with van der Waals surface area (Å²) in [5, 5.41) is 5.83. The summed E-state index contributed by atoms with van der Waals surface area (Å²) in [6.07, 6.45) is -3.08. The van der Waals surface area contributed by atoms with Crippen molar-refractivity contribution >= 4 is 44.7 Å². The highest BCUT2D eigenvalue weighted by molar-refractivity contribution is 7.17. The van der Waals surface area contributed by atoms with Crippen molar-refractivity contribution in [1.29, 1.82) is 0 Å². The highest BCUT2D eigenvalue weighted by atomic mass is 35.5. The number of benzene rings is 2. The molecule has 0 amide bonds. The van der Waals surface area contributed by atoms with Crippen LogP contribution < -0.4 is 5.32 Å². The average Bonchev–Trinajstić information content (AvgIpc) is 3.08. The Bertz CT molecular complexity index is 1150. The molecule has 1 N–H and O–H groups in total. The van der Waals surface area contributed by atoms with Crippen LogP contribution in [0.25, 0.3) is 21.3 Å². The fourth-order valence-corrected chi connectivity index (χ4v) is 3.92. The lowest BCUT2D eigenvalue weighted by Gasteiger charge is -2.13. The van der Waals surface area contributed by atoms with Crippen molar-refractivity contribution in [2.45, 2.75) is 13.1 Å². The van der Waals surface area contributed by atoms with Crippen LogP contribution in [-0.4, -0.2) is 9.97 Å². The first-order valence-electron chi connectivity index (χ1n) is 8.26. The van der Waals surface area contributed by atoms with Crippen LogP contribution in [0.15, 0.2) is 54.2 Å². The van der Waals surface area contributed by atoms with E-state index in [2.05, 4.69) is 15.3 Å². The van der Waals surface area contributed by atoms with E-state index in [1.54, 1.807) is 0 Å². The summed E-state index contributed by atoms with van der Waals surface area (Å²) in [6, 6.07) is 11.1. The number of rotatable bonds is 3. The minimum atomic E-state index is -4.46. The third-order valence-corrected chi connectivity index (χ3v) is 5.50. The Kier molecular flexibility index (Phi) is 4.72. The summed E-state index contributed by atoms with van der Waals surface area (Å²) in [6.45, 7) is 2.00. The second-order valence-corrected chi connectivity index (χ2v) is 7.50. The number of hydrogen-bond acceptors (Lipinski definition) is 4. The Hall–Kier alpha value is -2.64. The van der Waals surface area contributed by atoms with E-state index in [4.69, 9.17) is 11.6 Å². The first-order chi connectivity index (χ1) is 13.3. The number of aromatic nitrogens is 2. The molecule has 0 fully saturated rings. The van der Waals surface area contributed by atoms with Crippen LogP contribution in [0.4, 0.5) is 24.7 Å². The van der Waals surface area contributed by atoms with Gasteiger partial charge in [0.25, 0.3) is 0 Å². The zero-order valence-corrected chi connectivity index (χ0v) is 16.1. The van der Waals surface area contributed by atoms with Gasteiger partial charge in [-0.1, -0.05) is 41.4 Å². The van der Waals surface area contributed by atoms with Gasteiger partial charge in [0, 0.05) is 10.9 Å². The van der Waals surface area contributed by atoms with Crippen molar-refractivity contribution in [3.05, 3.63) is 70.3 Å². The Labute approximate surface area is 167 Å². The van der Waals surface area contributed by atoms with Crippen LogP contribution in [0, 0.1) is 6.92 Å². The van der Waals surface area contributed by atoms with E-state index in [-0.39, 0.29) is 10.7 Å². The number of anilines is 2. The topological polar surface area (TPSA) is 37.8 Å². The fraction of sp³-hybridized carbons (Fsp3) is 0.100. The second kappa shape index (κ2) is 7.07. The van der Waals surface area contributed by atoms with Gasteiger partial charge >= 0.3 is 6.18 Å². The first kappa shape index (κ1) is 18.7. The van der Waals surface area contributed by atoms with Crippen molar-refractivity contribution in [3.8, 4) is 11.1 Å². The molecule has 0 saturated heterocycles. The molecule has 2 heterocycles. The number of thiophene rings is 1. The van der Waals surface area contributed by atoms with Crippen LogP contribution in [-0.2, 0) is 6.18 Å². The van der Waals surface area contributed by atoms with Crippen LogP contribution in [0.1, 0.15) is 11.1 Å². The molecule has 0 aliphatic carbocycles. The van der Waals surface area contributed by atoms with Crippen molar-refractivity contribution in [3.63, 3.8) is 0 Å². The van der Waals surface area contributed by atoms with Gasteiger partial charge in [-0.25, -0.2) is 9.97 Å². The van der Waals surface area contributed by atoms with Gasteiger partial charge in [0.2, 0.25) is 0 Å². The van der Waals surface area contributed by atoms with Gasteiger partial charge < -0.3 is 5.32 Å². The molecule has 142 valence electrons. The molecule has 0 spiro atoms. The van der Waals surface area contributed by atoms with Gasteiger partial charge in [-0.15, -0.1) is 11.3 Å². The molecule has 3 nitrogen and oxygen atoms in total. The lowest BCUT2D eigenvalue weighted by atomic mass is 10.0. The molecule has 8 heteroatoms. The molecular weight excluding hydrogens is 407 g/mol. The molecule has 4 aromatic rings. The molecule has 0 aliphatic rings. The van der Waals surface area contributed by atoms with Crippen LogP contribution >= 0.6 is 22.9 Å². The van der Waals surface area contributed by atoms with Gasteiger partial charge in [0.1, 0.15) is 17.0 Å². The number of halogens is 4. The Morgan fingerprint density at radius 2 is 1.79 bits per heavy atom. The lowest BCUT2D eigenvalue weighted by Crippen LogP contribution is -2.06. The number of nitrogens with zero attached hydrogens (tertiary/aromatic N) is 2. The van der Waals surface area contributed by atoms with Gasteiger partial charge in [-0.3, -0.25) is 0 Å². The number of hydrogen-bond donors (Lipinski definition) is 1. The standard InChI is InChI=1S/C20H13ClF3N3S/c1-11-2-4-12(5-3-11)14-9-28-19-17(14)18(25-10-26-19)27-16-8-13(20(22,23)24)6-7-15(16)21/h2-10H,1H3,(H,25,26,27). The number of alkyl halides is 3. The number of fused-ring (bicyclic) bond motifs is 1. The van der Waals surface area contributed by atoms with E-state index in [1.165, 1.54) is 23.7 Å². The summed E-state index contributed by atoms with van der Waals surface area (Å²) >= 11 is 7.57. The Morgan fingerprint density at radius 3 is 2.50 bits per heavy atom. The molecule has 4 rings (SSSR count). The Balaban J connectivity index is 1.82. The minimum absolute atomic E-state index is 0.137. The van der Waals surface area contributed by atoms with E-state index in [0.29, 0.717) is 5.82 Å². The van der Waals surface area contributed by atoms with Crippen LogP contribution in [0.3, 0.4) is 0 Å². The zero-order chi connectivity index (χ0) is 19.9. The molecule has 2 aromatic heterocycles. The smallest absolute Gasteiger partial charge is 0.338 e. The highest BCUT2D eigenvalue weighted by Gasteiger charge is 2.31. The van der Waals surface area contributed by atoms with Crippen LogP contribution in [0.5, 0.6) is 0 Å². The molecule has 2 aromatic carbocycles. The highest BCUT2D eigenvalue weighted by Crippen LogP contribution is 2.39. The predicted molar refractivity (Wildman–Crippen MR) is 107 cm³/mol. The van der Waals surface area contributed by atoms with Crippen molar-refractivity contribution in [2.75, 3.05) is 5.32 Å². The van der Waals surface area contributed by atoms with E-state index in [1.807, 2.05) is 36.6 Å². The second-order valence-electron chi connectivity index (χ2n) is 6.24. The molecule has 0 atom stereocenters. The fourth-order valence-electron chi connectivity index (χ4n) is 2.84. The van der Waals surface area contributed by atoms with Crippen molar-refractivity contribution < 1.29 is 13.2 Å². The summed E-state index contributed by atoms with van der Waals surface area (Å²) in [7, 11) is 0. The quantitative estimate of drug-likeness (QED) is 0.385. The SMILES string of the molecule is Cc1ccc(-c2csc3ncnc(Nc4cc(C(F)(F)F)ccc4Cl)c23)cc1. The van der Waals surface area contributed by atoms with Crippen LogP contribution in [0.2, 0.25) is 5.02 Å². The summed E-state index contributed by atoms with van der Waals surface area (Å²) in [5.41, 5.74) is 2.37. The van der Waals surface area contributed by atoms with E-state index in [0.717, 1.165) is 39.0 Å². The maximum atomic E-state index is 13.1. The maximum Gasteiger partial charge on any atom is 0.416 e. The summed E-state index contributed by atoms with van der Waals surface area (Å²) in [5.74, 6) is 0.406. The largest absolute Gasteiger partial charge is 0.416 e. The molecule has 0 unspecified atom stereocenters. The normalized spacial score (nSPS) is 11.8. The third kappa shape index (κ3) is 3.55. The molecule has 0 radical (unpaired) electrons. The lowest BCUT2D eigenvalue weighted by molar-refractivity contribution is -0.137. The van der Waals surface area contributed by atoms with Crippen molar-refractivity contribution in [2.24, 2.45) is 0 Å². The monoisotopic (exact) mass is 419 g/mol. The maximum absolute atomic E-state index is 13.1. The molecule has 28 heavy (non-hydrogen) atoms. The summed E-state index contributed by atoms with van der Waals surface area (Å²) in [4.78, 5) is 9.27. The van der Waals surface area contributed by atoms with Gasteiger partial charge in [0.15, 0.2) is 0 Å². The van der Waals surface area contributed by atoms with Gasteiger partial charge in [0.05, 0.1) is 21.7 Å².